The number of nitrogens with zero attached hydrogens (tertiary/aromatic N) is 1. The van der Waals surface area contributed by atoms with Crippen molar-refractivity contribution in [2.45, 2.75) is 39.5 Å². The van der Waals surface area contributed by atoms with E-state index in [4.69, 9.17) is 19.7 Å². The zero-order chi connectivity index (χ0) is 27.5. The average molecular weight is 538 g/mol. The second kappa shape index (κ2) is 14.1. The molecular formula is C29H33N2O6S+. The lowest BCUT2D eigenvalue weighted by molar-refractivity contribution is 0.0694. The van der Waals surface area contributed by atoms with Gasteiger partial charge >= 0.3 is 5.97 Å². The Morgan fingerprint density at radius 1 is 0.974 bits per heavy atom. The van der Waals surface area contributed by atoms with Crippen molar-refractivity contribution in [3.05, 3.63) is 82.3 Å². The number of benzene rings is 3. The van der Waals surface area contributed by atoms with E-state index in [9.17, 15) is 15.0 Å². The number of hydrogen-bond acceptors (Lipinski definition) is 7. The summed E-state index contributed by atoms with van der Waals surface area (Å²) in [6.45, 7) is 4.81. The molecule has 0 amide bonds. The zero-order valence-electron chi connectivity index (χ0n) is 21.5. The average Bonchev–Trinajstić information content (AvgIpc) is 2.92. The molecule has 3 aromatic rings. The fourth-order valence-electron chi connectivity index (χ4n) is 3.95. The van der Waals surface area contributed by atoms with Crippen LogP contribution in [0.5, 0.6) is 28.7 Å². The highest BCUT2D eigenvalue weighted by Crippen LogP contribution is 2.35. The van der Waals surface area contributed by atoms with E-state index in [0.717, 1.165) is 17.5 Å². The van der Waals surface area contributed by atoms with Crippen LogP contribution in [0.25, 0.3) is 5.70 Å². The molecular weight excluding hydrogens is 504 g/mol. The Kier molecular flexibility index (Phi) is 10.6. The van der Waals surface area contributed by atoms with E-state index in [0.29, 0.717) is 61.0 Å². The van der Waals surface area contributed by atoms with Gasteiger partial charge in [-0.25, -0.2) is 10.3 Å². The number of rotatable bonds is 14. The topological polar surface area (TPSA) is 121 Å². The number of carboxylic acids is 1. The fraction of sp³-hybridized carbons (Fsp3) is 0.276. The summed E-state index contributed by atoms with van der Waals surface area (Å²) in [5.41, 5.74) is 9.91. The van der Waals surface area contributed by atoms with Crippen molar-refractivity contribution >= 4 is 24.3 Å². The Balaban J connectivity index is 1.66. The van der Waals surface area contributed by atoms with Crippen LogP contribution in [0.3, 0.4) is 0 Å². The molecule has 0 saturated heterocycles. The van der Waals surface area contributed by atoms with Gasteiger partial charge in [0.1, 0.15) is 45.4 Å². The van der Waals surface area contributed by atoms with Crippen molar-refractivity contribution in [2.75, 3.05) is 13.2 Å². The fourth-order valence-corrected chi connectivity index (χ4v) is 4.17. The van der Waals surface area contributed by atoms with Crippen LogP contribution in [0.2, 0.25) is 0 Å². The third-order valence-corrected chi connectivity index (χ3v) is 6.10. The summed E-state index contributed by atoms with van der Waals surface area (Å²) in [5, 5.41) is 24.8. The van der Waals surface area contributed by atoms with E-state index in [1.807, 2.05) is 25.1 Å². The number of carboxylic acid groups (broad SMARTS) is 1. The van der Waals surface area contributed by atoms with Crippen molar-refractivity contribution in [1.29, 1.82) is 5.53 Å². The Morgan fingerprint density at radius 3 is 2.32 bits per heavy atom. The lowest BCUT2D eigenvalue weighted by atomic mass is 10.0. The van der Waals surface area contributed by atoms with Crippen molar-refractivity contribution in [3.8, 4) is 28.7 Å². The van der Waals surface area contributed by atoms with Gasteiger partial charge in [-0.05, 0) is 61.4 Å². The Hall–Kier alpha value is -3.98. The summed E-state index contributed by atoms with van der Waals surface area (Å²) in [4.78, 5) is 11.6. The highest BCUT2D eigenvalue weighted by molar-refractivity contribution is 7.62. The van der Waals surface area contributed by atoms with Crippen LogP contribution in [0.4, 0.5) is 0 Å². The molecule has 0 atom stereocenters. The third-order valence-electron chi connectivity index (χ3n) is 5.82. The van der Waals surface area contributed by atoms with Crippen molar-refractivity contribution in [3.63, 3.8) is 0 Å². The maximum Gasteiger partial charge on any atom is 0.339 e. The molecule has 38 heavy (non-hydrogen) atoms. The van der Waals surface area contributed by atoms with Crippen molar-refractivity contribution in [1.82, 2.24) is 0 Å². The van der Waals surface area contributed by atoms with E-state index >= 15 is 0 Å². The van der Waals surface area contributed by atoms with Gasteiger partial charge in [-0.15, -0.1) is 0 Å². The Morgan fingerprint density at radius 2 is 1.66 bits per heavy atom. The monoisotopic (exact) mass is 537 g/mol. The SMILES string of the molecule is CCCc1c(OCCCOc2cc(O)c(/C(=C/[SH2+])N=N)cc2CC)cccc1Oc1ccccc1C(=O)O. The van der Waals surface area contributed by atoms with E-state index in [2.05, 4.69) is 24.7 Å². The molecule has 8 nitrogen and oxygen atoms in total. The summed E-state index contributed by atoms with van der Waals surface area (Å²) in [6, 6.07) is 15.4. The Labute approximate surface area is 227 Å². The summed E-state index contributed by atoms with van der Waals surface area (Å²) in [6.07, 6.45) is 2.85. The number of aryl methyl sites for hydroxylation is 1. The van der Waals surface area contributed by atoms with Gasteiger partial charge in [0.2, 0.25) is 0 Å². The first kappa shape index (κ1) is 28.6. The number of ether oxygens (including phenoxy) is 3. The molecule has 0 heterocycles. The highest BCUT2D eigenvalue weighted by atomic mass is 32.1. The van der Waals surface area contributed by atoms with Gasteiger partial charge in [0, 0.05) is 23.6 Å². The molecule has 3 rings (SSSR count). The summed E-state index contributed by atoms with van der Waals surface area (Å²) in [5.74, 6) is 1.03. The van der Waals surface area contributed by atoms with Crippen LogP contribution < -0.4 is 14.2 Å². The molecule has 0 aliphatic rings. The molecule has 3 N–H and O–H groups in total. The van der Waals surface area contributed by atoms with E-state index in [-0.39, 0.29) is 17.1 Å². The second-order valence-electron chi connectivity index (χ2n) is 8.41. The standard InChI is InChI=1S/C29H32N2O6S/c1-3-9-20-25(12-7-13-26(20)37-27-11-6-5-10-21(27)29(33)34)35-14-8-15-36-28-17-24(32)22(16-19(28)4-2)23(18-38)31-30/h5-7,10-13,16-18,30,32,38H,3-4,8-9,14-15H2,1-2H3,(H,33,34)/p+1/b23-18-,31-30?. The molecule has 0 fully saturated rings. The molecule has 0 aromatic heterocycles. The predicted octanol–water partition coefficient (Wildman–Crippen LogP) is 6.59. The normalized spacial score (nSPS) is 11.2. The van der Waals surface area contributed by atoms with Gasteiger partial charge in [0.25, 0.3) is 0 Å². The van der Waals surface area contributed by atoms with E-state index < -0.39 is 5.97 Å². The number of aromatic carboxylic acids is 1. The molecule has 9 heteroatoms. The smallest absolute Gasteiger partial charge is 0.339 e. The largest absolute Gasteiger partial charge is 0.507 e. The van der Waals surface area contributed by atoms with Crippen LogP contribution in [0.1, 0.15) is 53.7 Å². The van der Waals surface area contributed by atoms with Crippen molar-refractivity contribution < 1.29 is 29.2 Å². The number of carbonyl (C=O) groups is 1. The number of nitrogens with one attached hydrogen (secondary N) is 1. The second-order valence-corrected chi connectivity index (χ2v) is 8.70. The molecule has 0 aliphatic heterocycles. The number of para-hydroxylation sites is 1. The first-order valence-corrected chi connectivity index (χ1v) is 13.0. The minimum absolute atomic E-state index is 0.0144. The highest BCUT2D eigenvalue weighted by Gasteiger charge is 2.16. The van der Waals surface area contributed by atoms with E-state index in [1.54, 1.807) is 30.3 Å². The Bertz CT molecular complexity index is 1310. The van der Waals surface area contributed by atoms with Crippen LogP contribution in [0.15, 0.2) is 65.1 Å². The van der Waals surface area contributed by atoms with Gasteiger partial charge in [-0.3, -0.25) is 0 Å². The first-order chi connectivity index (χ1) is 18.4. The molecule has 0 saturated carbocycles. The predicted molar refractivity (Wildman–Crippen MR) is 150 cm³/mol. The maximum atomic E-state index is 11.6. The van der Waals surface area contributed by atoms with Gasteiger partial charge in [-0.2, -0.15) is 5.11 Å². The first-order valence-electron chi connectivity index (χ1n) is 12.4. The molecule has 0 aliphatic carbocycles. The van der Waals surface area contributed by atoms with Crippen molar-refractivity contribution in [2.24, 2.45) is 5.11 Å². The number of phenolic OH excluding ortho intramolecular Hbond substituents is 1. The minimum atomic E-state index is -1.05. The number of phenols is 1. The summed E-state index contributed by atoms with van der Waals surface area (Å²) >= 11 is 3.22. The lowest BCUT2D eigenvalue weighted by Crippen LogP contribution is -2.08. The summed E-state index contributed by atoms with van der Waals surface area (Å²) in [7, 11) is 0. The molecule has 0 spiro atoms. The number of hydrogen-bond donors (Lipinski definition) is 3. The lowest BCUT2D eigenvalue weighted by Gasteiger charge is -2.17. The minimum Gasteiger partial charge on any atom is -0.507 e. The van der Waals surface area contributed by atoms with Gasteiger partial charge in [0.05, 0.1) is 13.2 Å². The zero-order valence-corrected chi connectivity index (χ0v) is 22.5. The molecule has 0 bridgehead atoms. The quantitative estimate of drug-likeness (QED) is 0.121. The summed E-state index contributed by atoms with van der Waals surface area (Å²) < 4.78 is 18.0. The van der Waals surface area contributed by atoms with Crippen LogP contribution >= 0.6 is 0 Å². The van der Waals surface area contributed by atoms with Gasteiger partial charge < -0.3 is 24.4 Å². The molecule has 0 radical (unpaired) electrons. The van der Waals surface area contributed by atoms with Crippen LogP contribution in [0, 0.1) is 5.53 Å². The molecule has 200 valence electrons. The maximum absolute atomic E-state index is 11.6. The number of aromatic hydroxyl groups is 1. The third kappa shape index (κ3) is 7.07. The molecule has 3 aromatic carbocycles. The van der Waals surface area contributed by atoms with Gasteiger partial charge in [0.15, 0.2) is 0 Å². The van der Waals surface area contributed by atoms with Crippen LogP contribution in [-0.2, 0) is 25.5 Å². The van der Waals surface area contributed by atoms with Gasteiger partial charge in [-0.1, -0.05) is 38.5 Å². The van der Waals surface area contributed by atoms with E-state index in [1.165, 1.54) is 11.5 Å². The van der Waals surface area contributed by atoms with Crippen LogP contribution in [-0.4, -0.2) is 29.4 Å². The molecule has 0 unspecified atom stereocenters.